The molecule has 0 saturated carbocycles. The van der Waals surface area contributed by atoms with Gasteiger partial charge in [-0.3, -0.25) is 14.5 Å². The molecule has 1 amide bonds. The number of hydrogen-bond acceptors (Lipinski definition) is 4. The van der Waals surface area contributed by atoms with Gasteiger partial charge in [0, 0.05) is 13.1 Å². The first-order valence-corrected chi connectivity index (χ1v) is 7.00. The molecule has 0 spiro atoms. The van der Waals surface area contributed by atoms with Crippen LogP contribution in [-0.2, 0) is 14.3 Å². The zero-order valence-electron chi connectivity index (χ0n) is 12.9. The van der Waals surface area contributed by atoms with Crippen molar-refractivity contribution in [3.63, 3.8) is 0 Å². The zero-order valence-corrected chi connectivity index (χ0v) is 12.9. The molecule has 0 aliphatic rings. The van der Waals surface area contributed by atoms with Crippen LogP contribution in [0.4, 0.5) is 0 Å². The molecule has 0 rings (SSSR count). The summed E-state index contributed by atoms with van der Waals surface area (Å²) in [7, 11) is 1.38. The maximum absolute atomic E-state index is 12.0. The molecule has 5 nitrogen and oxygen atoms in total. The summed E-state index contributed by atoms with van der Waals surface area (Å²) >= 11 is 0. The third kappa shape index (κ3) is 7.82. The Morgan fingerprint density at radius 2 is 1.89 bits per heavy atom. The molecule has 0 heterocycles. The average molecular weight is 272 g/mol. The Hall–Kier alpha value is -1.10. The van der Waals surface area contributed by atoms with E-state index in [-0.39, 0.29) is 17.9 Å². The van der Waals surface area contributed by atoms with Gasteiger partial charge in [-0.2, -0.15) is 0 Å². The Balaban J connectivity index is 4.13. The highest BCUT2D eigenvalue weighted by Gasteiger charge is 2.20. The number of methoxy groups -OCH3 is 1. The minimum absolute atomic E-state index is 0.0207. The summed E-state index contributed by atoms with van der Waals surface area (Å²) < 4.78 is 4.61. The molecule has 5 heteroatoms. The summed E-state index contributed by atoms with van der Waals surface area (Å²) in [4.78, 5) is 25.1. The van der Waals surface area contributed by atoms with Crippen LogP contribution >= 0.6 is 0 Å². The van der Waals surface area contributed by atoms with Crippen LogP contribution in [0.2, 0.25) is 0 Å². The van der Waals surface area contributed by atoms with Gasteiger partial charge in [-0.15, -0.1) is 0 Å². The number of nitrogens with zero attached hydrogens (tertiary/aromatic N) is 1. The van der Waals surface area contributed by atoms with Gasteiger partial charge in [0.1, 0.15) is 0 Å². The van der Waals surface area contributed by atoms with E-state index in [2.05, 4.69) is 23.9 Å². The van der Waals surface area contributed by atoms with Crippen LogP contribution in [0.1, 0.15) is 40.5 Å². The summed E-state index contributed by atoms with van der Waals surface area (Å²) in [6, 6.07) is -0.221. The Morgan fingerprint density at radius 1 is 1.26 bits per heavy atom. The standard InChI is InChI=1S/C14H28N2O3/c1-6-16(10-8-13(17)19-5)12(4)14(18)15-9-7-11(2)3/h11-12H,6-10H2,1-5H3,(H,15,18). The van der Waals surface area contributed by atoms with E-state index in [9.17, 15) is 9.59 Å². The van der Waals surface area contributed by atoms with Crippen LogP contribution in [0.3, 0.4) is 0 Å². The Morgan fingerprint density at radius 3 is 2.37 bits per heavy atom. The highest BCUT2D eigenvalue weighted by atomic mass is 16.5. The highest BCUT2D eigenvalue weighted by molar-refractivity contribution is 5.81. The second-order valence-electron chi connectivity index (χ2n) is 5.10. The molecule has 0 aromatic rings. The van der Waals surface area contributed by atoms with Crippen molar-refractivity contribution in [2.24, 2.45) is 5.92 Å². The van der Waals surface area contributed by atoms with E-state index in [1.165, 1.54) is 7.11 Å². The fourth-order valence-electron chi connectivity index (χ4n) is 1.76. The van der Waals surface area contributed by atoms with Crippen LogP contribution in [0, 0.1) is 5.92 Å². The first-order chi connectivity index (χ1) is 8.92. The van der Waals surface area contributed by atoms with E-state index >= 15 is 0 Å². The number of carbonyl (C=O) groups excluding carboxylic acids is 2. The van der Waals surface area contributed by atoms with Crippen LogP contribution in [0.15, 0.2) is 0 Å². The molecule has 0 radical (unpaired) electrons. The molecule has 0 bridgehead atoms. The lowest BCUT2D eigenvalue weighted by Gasteiger charge is -2.26. The van der Waals surface area contributed by atoms with Crippen molar-refractivity contribution in [1.29, 1.82) is 0 Å². The molecule has 0 aliphatic carbocycles. The third-order valence-electron chi connectivity index (χ3n) is 3.19. The van der Waals surface area contributed by atoms with Crippen LogP contribution in [-0.4, -0.2) is 49.6 Å². The number of amides is 1. The lowest BCUT2D eigenvalue weighted by atomic mass is 10.1. The molecule has 1 N–H and O–H groups in total. The van der Waals surface area contributed by atoms with Crippen molar-refractivity contribution in [2.45, 2.75) is 46.6 Å². The minimum atomic E-state index is -0.245. The van der Waals surface area contributed by atoms with E-state index < -0.39 is 0 Å². The normalized spacial score (nSPS) is 12.6. The van der Waals surface area contributed by atoms with E-state index in [1.54, 1.807) is 0 Å². The molecular formula is C14H28N2O3. The molecule has 0 saturated heterocycles. The maximum atomic E-state index is 12.0. The molecule has 1 unspecified atom stereocenters. The largest absolute Gasteiger partial charge is 0.469 e. The minimum Gasteiger partial charge on any atom is -0.469 e. The number of nitrogens with one attached hydrogen (secondary N) is 1. The van der Waals surface area contributed by atoms with E-state index in [1.807, 2.05) is 18.7 Å². The average Bonchev–Trinajstić information content (AvgIpc) is 2.38. The molecule has 0 aromatic heterocycles. The van der Waals surface area contributed by atoms with Crippen molar-refractivity contribution in [3.05, 3.63) is 0 Å². The van der Waals surface area contributed by atoms with Gasteiger partial charge in [0.2, 0.25) is 5.91 Å². The topological polar surface area (TPSA) is 58.6 Å². The van der Waals surface area contributed by atoms with Crippen molar-refractivity contribution < 1.29 is 14.3 Å². The van der Waals surface area contributed by atoms with Crippen molar-refractivity contribution in [1.82, 2.24) is 10.2 Å². The second-order valence-corrected chi connectivity index (χ2v) is 5.10. The first-order valence-electron chi connectivity index (χ1n) is 7.00. The number of hydrogen-bond donors (Lipinski definition) is 1. The number of rotatable bonds is 9. The fourth-order valence-corrected chi connectivity index (χ4v) is 1.76. The van der Waals surface area contributed by atoms with Gasteiger partial charge in [0.25, 0.3) is 0 Å². The van der Waals surface area contributed by atoms with Gasteiger partial charge in [-0.05, 0) is 25.8 Å². The number of likely N-dealkylation sites (N-methyl/N-ethyl adjacent to an activating group) is 1. The van der Waals surface area contributed by atoms with Gasteiger partial charge in [0.15, 0.2) is 0 Å². The van der Waals surface area contributed by atoms with Crippen molar-refractivity contribution >= 4 is 11.9 Å². The molecule has 0 fully saturated rings. The van der Waals surface area contributed by atoms with E-state index in [0.717, 1.165) is 13.0 Å². The van der Waals surface area contributed by atoms with Crippen molar-refractivity contribution in [2.75, 3.05) is 26.7 Å². The lowest BCUT2D eigenvalue weighted by molar-refractivity contribution is -0.141. The van der Waals surface area contributed by atoms with Crippen LogP contribution < -0.4 is 5.32 Å². The Kier molecular flexibility index (Phi) is 9.21. The van der Waals surface area contributed by atoms with Crippen molar-refractivity contribution in [3.8, 4) is 0 Å². The summed E-state index contributed by atoms with van der Waals surface area (Å²) in [5, 5.41) is 2.93. The van der Waals surface area contributed by atoms with Crippen LogP contribution in [0.5, 0.6) is 0 Å². The Labute approximate surface area is 116 Å². The quantitative estimate of drug-likeness (QED) is 0.645. The molecule has 112 valence electrons. The zero-order chi connectivity index (χ0) is 14.8. The van der Waals surface area contributed by atoms with E-state index in [0.29, 0.717) is 25.4 Å². The molecule has 0 aromatic carbocycles. The monoisotopic (exact) mass is 272 g/mol. The molecule has 0 aliphatic heterocycles. The maximum Gasteiger partial charge on any atom is 0.306 e. The smallest absolute Gasteiger partial charge is 0.306 e. The predicted molar refractivity (Wildman–Crippen MR) is 75.8 cm³/mol. The van der Waals surface area contributed by atoms with Gasteiger partial charge in [-0.25, -0.2) is 0 Å². The number of esters is 1. The van der Waals surface area contributed by atoms with Gasteiger partial charge in [-0.1, -0.05) is 20.8 Å². The van der Waals surface area contributed by atoms with Crippen LogP contribution in [0.25, 0.3) is 0 Å². The predicted octanol–water partition coefficient (Wildman–Crippen LogP) is 1.42. The third-order valence-corrected chi connectivity index (χ3v) is 3.19. The number of carbonyl (C=O) groups is 2. The Bertz CT molecular complexity index is 280. The summed E-state index contributed by atoms with van der Waals surface area (Å²) in [6.07, 6.45) is 1.29. The summed E-state index contributed by atoms with van der Waals surface area (Å²) in [5.74, 6) is 0.357. The van der Waals surface area contributed by atoms with Gasteiger partial charge >= 0.3 is 5.97 Å². The second kappa shape index (κ2) is 9.78. The first kappa shape index (κ1) is 17.9. The fraction of sp³-hybridized carbons (Fsp3) is 0.857. The van der Waals surface area contributed by atoms with Gasteiger partial charge < -0.3 is 10.1 Å². The molecule has 1 atom stereocenters. The summed E-state index contributed by atoms with van der Waals surface area (Å²) in [5.41, 5.74) is 0. The highest BCUT2D eigenvalue weighted by Crippen LogP contribution is 2.02. The lowest BCUT2D eigenvalue weighted by Crippen LogP contribution is -2.46. The number of ether oxygens (including phenoxy) is 1. The molecule has 19 heavy (non-hydrogen) atoms. The molecular weight excluding hydrogens is 244 g/mol. The van der Waals surface area contributed by atoms with Gasteiger partial charge in [0.05, 0.1) is 19.6 Å². The SMILES string of the molecule is CCN(CCC(=O)OC)C(C)C(=O)NCCC(C)C. The van der Waals surface area contributed by atoms with E-state index in [4.69, 9.17) is 0 Å². The summed E-state index contributed by atoms with van der Waals surface area (Å²) in [6.45, 7) is 10.1.